The Morgan fingerprint density at radius 1 is 1.08 bits per heavy atom. The Bertz CT molecular complexity index is 1230. The number of rotatable bonds is 12. The molecule has 0 fully saturated rings. The molecule has 2 aromatic carbocycles. The van der Waals surface area contributed by atoms with Crippen LogP contribution in [0.1, 0.15) is 54.7 Å². The lowest BCUT2D eigenvalue weighted by Crippen LogP contribution is -2.29. The van der Waals surface area contributed by atoms with Crippen molar-refractivity contribution in [2.24, 2.45) is 5.92 Å². The first-order valence-electron chi connectivity index (χ1n) is 12.1. The highest BCUT2D eigenvalue weighted by molar-refractivity contribution is 7.99. The largest absolute Gasteiger partial charge is 0.550 e. The van der Waals surface area contributed by atoms with Crippen LogP contribution >= 0.6 is 23.4 Å². The van der Waals surface area contributed by atoms with E-state index in [4.69, 9.17) is 11.6 Å². The van der Waals surface area contributed by atoms with Gasteiger partial charge in [-0.15, -0.1) is 0 Å². The van der Waals surface area contributed by atoms with Crippen molar-refractivity contribution in [1.29, 1.82) is 0 Å². The number of aromatic nitrogens is 1. The zero-order valence-corrected chi connectivity index (χ0v) is 22.5. The Hall–Kier alpha value is -2.83. The van der Waals surface area contributed by atoms with Gasteiger partial charge < -0.3 is 14.8 Å². The number of nitrogens with zero attached hydrogens (tertiary/aromatic N) is 2. The number of carboxylic acid groups (broad SMARTS) is 1. The Balaban J connectivity index is 1.73. The van der Waals surface area contributed by atoms with Crippen molar-refractivity contribution in [1.82, 2.24) is 9.88 Å². The molecule has 0 aliphatic rings. The van der Waals surface area contributed by atoms with Gasteiger partial charge in [0.25, 0.3) is 0 Å². The quantitative estimate of drug-likeness (QED) is 0.297. The first-order chi connectivity index (χ1) is 17.2. The van der Waals surface area contributed by atoms with Crippen molar-refractivity contribution in [2.45, 2.75) is 37.9 Å². The number of benzene rings is 2. The summed E-state index contributed by atoms with van der Waals surface area (Å²) in [5, 5.41) is 13.0. The average Bonchev–Trinajstić information content (AvgIpc) is 2.86. The molecule has 2 atom stereocenters. The van der Waals surface area contributed by atoms with Gasteiger partial charge in [0.05, 0.1) is 11.2 Å². The smallest absolute Gasteiger partial charge is 0.222 e. The van der Waals surface area contributed by atoms with Crippen LogP contribution in [0.4, 0.5) is 0 Å². The van der Waals surface area contributed by atoms with E-state index in [1.165, 1.54) is 5.56 Å². The maximum Gasteiger partial charge on any atom is 0.222 e. The molecule has 0 saturated carbocycles. The van der Waals surface area contributed by atoms with Crippen molar-refractivity contribution in [2.75, 3.05) is 19.8 Å². The molecule has 0 aliphatic carbocycles. The number of pyridine rings is 1. The topological polar surface area (TPSA) is 73.3 Å². The molecule has 0 unspecified atom stereocenters. The van der Waals surface area contributed by atoms with Crippen LogP contribution in [0.2, 0.25) is 5.02 Å². The second-order valence-corrected chi connectivity index (χ2v) is 10.9. The fourth-order valence-corrected chi connectivity index (χ4v) is 5.24. The summed E-state index contributed by atoms with van der Waals surface area (Å²) in [6.45, 7) is 1.69. The highest BCUT2D eigenvalue weighted by atomic mass is 35.5. The molecule has 190 valence electrons. The van der Waals surface area contributed by atoms with Crippen LogP contribution in [0.25, 0.3) is 23.1 Å². The van der Waals surface area contributed by atoms with E-state index in [2.05, 4.69) is 17.1 Å². The summed E-state index contributed by atoms with van der Waals surface area (Å²) in [6, 6.07) is 18.0. The minimum Gasteiger partial charge on any atom is -0.550 e. The van der Waals surface area contributed by atoms with Crippen LogP contribution in [0.3, 0.4) is 0 Å². The van der Waals surface area contributed by atoms with E-state index in [-0.39, 0.29) is 11.2 Å². The van der Waals surface area contributed by atoms with Gasteiger partial charge in [0.2, 0.25) is 5.91 Å². The third-order valence-corrected chi connectivity index (χ3v) is 7.63. The van der Waals surface area contributed by atoms with Gasteiger partial charge in [-0.25, -0.2) is 4.98 Å². The van der Waals surface area contributed by atoms with E-state index in [1.54, 1.807) is 37.7 Å². The molecule has 36 heavy (non-hydrogen) atoms. The number of hydrogen-bond acceptors (Lipinski definition) is 5. The summed E-state index contributed by atoms with van der Waals surface area (Å²) in [4.78, 5) is 29.4. The minimum atomic E-state index is -1.01. The van der Waals surface area contributed by atoms with Crippen LogP contribution in [-0.2, 0) is 9.59 Å². The van der Waals surface area contributed by atoms with Gasteiger partial charge in [0.15, 0.2) is 0 Å². The highest BCUT2D eigenvalue weighted by Gasteiger charge is 2.15. The van der Waals surface area contributed by atoms with Crippen LogP contribution in [0, 0.1) is 5.92 Å². The van der Waals surface area contributed by atoms with Crippen LogP contribution in [-0.4, -0.2) is 41.6 Å². The standard InChI is InChI=1S/C29H33ClN2O3S/c1-20(29(34)35)6-4-9-27(36-17-16-28(33)32(2)3)23-8-5-7-21(18-23)10-14-25-15-12-22-11-13-24(30)19-26(22)31-25/h5,7-8,10-15,18-20,27H,4,6,9,16-17H2,1-3H3,(H,34,35)/p-1/b14-10+/t20-,27-/m1/s1. The predicted molar refractivity (Wildman–Crippen MR) is 149 cm³/mol. The van der Waals surface area contributed by atoms with E-state index in [1.807, 2.05) is 54.6 Å². The summed E-state index contributed by atoms with van der Waals surface area (Å²) in [6.07, 6.45) is 6.68. The van der Waals surface area contributed by atoms with E-state index >= 15 is 0 Å². The number of carbonyl (C=O) groups excluding carboxylic acids is 2. The van der Waals surface area contributed by atoms with Gasteiger partial charge in [-0.2, -0.15) is 11.8 Å². The summed E-state index contributed by atoms with van der Waals surface area (Å²) < 4.78 is 0. The molecule has 7 heteroatoms. The monoisotopic (exact) mass is 523 g/mol. The molecule has 0 aliphatic heterocycles. The normalized spacial score (nSPS) is 13.1. The highest BCUT2D eigenvalue weighted by Crippen LogP contribution is 2.35. The maximum atomic E-state index is 12.0. The number of carbonyl (C=O) groups is 2. The number of aliphatic carboxylic acids is 1. The van der Waals surface area contributed by atoms with Gasteiger partial charge in [0.1, 0.15) is 0 Å². The third kappa shape index (κ3) is 8.38. The van der Waals surface area contributed by atoms with Crippen LogP contribution in [0.5, 0.6) is 0 Å². The molecule has 1 amide bonds. The van der Waals surface area contributed by atoms with Gasteiger partial charge >= 0.3 is 0 Å². The fourth-order valence-electron chi connectivity index (χ4n) is 3.83. The van der Waals surface area contributed by atoms with Gasteiger partial charge in [-0.05, 0) is 54.2 Å². The third-order valence-electron chi connectivity index (χ3n) is 6.04. The van der Waals surface area contributed by atoms with E-state index in [0.29, 0.717) is 23.6 Å². The molecular formula is C29H32ClN2O3S-. The van der Waals surface area contributed by atoms with E-state index < -0.39 is 11.9 Å². The van der Waals surface area contributed by atoms with Crippen molar-refractivity contribution < 1.29 is 14.7 Å². The molecule has 0 N–H and O–H groups in total. The minimum absolute atomic E-state index is 0.104. The first-order valence-corrected chi connectivity index (χ1v) is 13.5. The summed E-state index contributed by atoms with van der Waals surface area (Å²) in [7, 11) is 3.53. The first kappa shape index (κ1) is 27.8. The Kier molecular flexibility index (Phi) is 10.4. The van der Waals surface area contributed by atoms with Gasteiger partial charge in [-0.3, -0.25) is 4.79 Å². The number of amides is 1. The lowest BCUT2D eigenvalue weighted by atomic mass is 9.99. The summed E-state index contributed by atoms with van der Waals surface area (Å²) in [5.74, 6) is -0.661. The molecule has 5 nitrogen and oxygen atoms in total. The molecule has 1 aromatic heterocycles. The van der Waals surface area contributed by atoms with Crippen LogP contribution in [0.15, 0.2) is 54.6 Å². The molecule has 0 saturated heterocycles. The lowest BCUT2D eigenvalue weighted by molar-refractivity contribution is -0.311. The SMILES string of the molecule is C[C@H](CCC[C@@H](SCCC(=O)N(C)C)c1cccc(/C=C/c2ccc3ccc(Cl)cc3n2)c1)C(=O)[O-]. The molecular weight excluding hydrogens is 492 g/mol. The Morgan fingerprint density at radius 3 is 2.61 bits per heavy atom. The van der Waals surface area contributed by atoms with Crippen molar-refractivity contribution >= 4 is 58.3 Å². The van der Waals surface area contributed by atoms with E-state index in [9.17, 15) is 14.7 Å². The molecule has 1 heterocycles. The maximum absolute atomic E-state index is 12.0. The average molecular weight is 524 g/mol. The number of fused-ring (bicyclic) bond motifs is 1. The fraction of sp³-hybridized carbons (Fsp3) is 0.345. The van der Waals surface area contributed by atoms with E-state index in [0.717, 1.165) is 35.0 Å². The molecule has 0 radical (unpaired) electrons. The number of halogens is 1. The zero-order valence-electron chi connectivity index (χ0n) is 20.9. The number of hydrogen-bond donors (Lipinski definition) is 0. The Labute approximate surface area is 222 Å². The molecule has 0 bridgehead atoms. The van der Waals surface area contributed by atoms with Crippen molar-refractivity contribution in [3.63, 3.8) is 0 Å². The number of thioether (sulfide) groups is 1. The van der Waals surface area contributed by atoms with Gasteiger partial charge in [-0.1, -0.05) is 67.4 Å². The molecule has 3 aromatic rings. The van der Waals surface area contributed by atoms with Crippen LogP contribution < -0.4 is 5.11 Å². The zero-order chi connectivity index (χ0) is 26.1. The van der Waals surface area contributed by atoms with Gasteiger partial charge in [0, 0.05) is 47.9 Å². The van der Waals surface area contributed by atoms with Crippen molar-refractivity contribution in [3.8, 4) is 0 Å². The summed E-state index contributed by atoms with van der Waals surface area (Å²) in [5.41, 5.74) is 3.92. The molecule has 3 rings (SSSR count). The summed E-state index contributed by atoms with van der Waals surface area (Å²) >= 11 is 7.86. The lowest BCUT2D eigenvalue weighted by Gasteiger charge is -2.20. The molecule has 0 spiro atoms. The number of carboxylic acids is 1. The second kappa shape index (κ2) is 13.5. The second-order valence-electron chi connectivity index (χ2n) is 9.13. The Morgan fingerprint density at radius 2 is 1.86 bits per heavy atom. The van der Waals surface area contributed by atoms with Crippen molar-refractivity contribution in [3.05, 3.63) is 76.4 Å². The predicted octanol–water partition coefficient (Wildman–Crippen LogP) is 5.87.